The number of hydrogen-bond donors (Lipinski definition) is 1. The molecule has 0 amide bonds. The predicted octanol–water partition coefficient (Wildman–Crippen LogP) is 1.57. The lowest BCUT2D eigenvalue weighted by atomic mass is 9.91. The molecule has 9 heavy (non-hydrogen) atoms. The minimum Gasteiger partial charge on any atom is -0.314 e. The number of fused-ring (bicyclic) bond motifs is 2. The van der Waals surface area contributed by atoms with Gasteiger partial charge < -0.3 is 5.32 Å². The van der Waals surface area contributed by atoms with Crippen molar-refractivity contribution in [2.45, 2.75) is 31.7 Å². The first-order valence-electron chi connectivity index (χ1n) is 3.68. The largest absolute Gasteiger partial charge is 0.314 e. The van der Waals surface area contributed by atoms with Crippen molar-refractivity contribution in [1.29, 1.82) is 0 Å². The van der Waals surface area contributed by atoms with E-state index in [0.717, 1.165) is 12.0 Å². The van der Waals surface area contributed by atoms with Gasteiger partial charge in [-0.25, -0.2) is 0 Å². The van der Waals surface area contributed by atoms with Crippen LogP contribution >= 0.6 is 12.4 Å². The maximum absolute atomic E-state index is 3.52. The van der Waals surface area contributed by atoms with Crippen molar-refractivity contribution in [2.24, 2.45) is 5.92 Å². The second-order valence-electron chi connectivity index (χ2n) is 3.14. The Kier molecular flexibility index (Phi) is 2.36. The van der Waals surface area contributed by atoms with Crippen LogP contribution in [-0.4, -0.2) is 12.6 Å². The summed E-state index contributed by atoms with van der Waals surface area (Å²) < 4.78 is 0. The first-order chi connectivity index (χ1) is 3.95. The Balaban J connectivity index is 0.000000405. The summed E-state index contributed by atoms with van der Waals surface area (Å²) in [4.78, 5) is 0. The van der Waals surface area contributed by atoms with Gasteiger partial charge in [-0.3, -0.25) is 0 Å². The van der Waals surface area contributed by atoms with Gasteiger partial charge in [0, 0.05) is 6.04 Å². The topological polar surface area (TPSA) is 12.0 Å². The normalized spacial score (nSPS) is 40.0. The molecule has 1 aliphatic carbocycles. The molecule has 0 aromatic heterocycles. The van der Waals surface area contributed by atoms with E-state index in [9.17, 15) is 0 Å². The van der Waals surface area contributed by atoms with Gasteiger partial charge in [-0.2, -0.15) is 0 Å². The van der Waals surface area contributed by atoms with E-state index in [-0.39, 0.29) is 12.4 Å². The second-order valence-corrected chi connectivity index (χ2v) is 3.14. The van der Waals surface area contributed by atoms with Crippen LogP contribution < -0.4 is 5.32 Å². The Hall–Kier alpha value is 0.250. The van der Waals surface area contributed by atoms with Crippen LogP contribution in [-0.2, 0) is 0 Å². The molecule has 2 atom stereocenters. The summed E-state index contributed by atoms with van der Waals surface area (Å²) in [6.07, 6.45) is 5.88. The van der Waals surface area contributed by atoms with Crippen LogP contribution in [0.25, 0.3) is 0 Å². The Morgan fingerprint density at radius 1 is 1.22 bits per heavy atom. The summed E-state index contributed by atoms with van der Waals surface area (Å²) in [6.45, 7) is 1.31. The fourth-order valence-corrected chi connectivity index (χ4v) is 2.00. The molecule has 0 aromatic rings. The van der Waals surface area contributed by atoms with Crippen LogP contribution in [0.5, 0.6) is 0 Å². The van der Waals surface area contributed by atoms with Gasteiger partial charge in [0.2, 0.25) is 0 Å². The van der Waals surface area contributed by atoms with Crippen LogP contribution in [0, 0.1) is 5.92 Å². The molecule has 1 nitrogen and oxygen atoms in total. The molecule has 2 bridgehead atoms. The number of halogens is 1. The highest BCUT2D eigenvalue weighted by Gasteiger charge is 2.27. The van der Waals surface area contributed by atoms with Crippen molar-refractivity contribution < 1.29 is 0 Å². The monoisotopic (exact) mass is 147 g/mol. The summed E-state index contributed by atoms with van der Waals surface area (Å²) >= 11 is 0. The third-order valence-corrected chi connectivity index (χ3v) is 2.48. The van der Waals surface area contributed by atoms with Gasteiger partial charge >= 0.3 is 0 Å². The molecule has 0 aromatic carbocycles. The Labute approximate surface area is 62.6 Å². The van der Waals surface area contributed by atoms with Crippen LogP contribution in [0.2, 0.25) is 0 Å². The summed E-state index contributed by atoms with van der Waals surface area (Å²) in [6, 6.07) is 0.911. The molecule has 1 saturated carbocycles. The third-order valence-electron chi connectivity index (χ3n) is 2.48. The lowest BCUT2D eigenvalue weighted by molar-refractivity contribution is 0.410. The first kappa shape index (κ1) is 7.36. The van der Waals surface area contributed by atoms with Crippen molar-refractivity contribution in [3.63, 3.8) is 0 Å². The van der Waals surface area contributed by atoms with Gasteiger partial charge in [-0.15, -0.1) is 12.4 Å². The molecule has 1 N–H and O–H groups in total. The fraction of sp³-hybridized carbons (Fsp3) is 1.00. The van der Waals surface area contributed by atoms with Crippen molar-refractivity contribution in [1.82, 2.24) is 5.32 Å². The van der Waals surface area contributed by atoms with E-state index in [1.54, 1.807) is 0 Å². The molecular formula is C7H14ClN. The SMILES string of the molecule is C1C[C@@H]2CN[C@H](C1)C2.Cl. The van der Waals surface area contributed by atoms with E-state index < -0.39 is 0 Å². The second kappa shape index (κ2) is 2.89. The molecule has 1 saturated heterocycles. The molecule has 1 heterocycles. The summed E-state index contributed by atoms with van der Waals surface area (Å²) in [5.41, 5.74) is 0. The quantitative estimate of drug-likeness (QED) is 0.549. The van der Waals surface area contributed by atoms with E-state index in [2.05, 4.69) is 5.32 Å². The van der Waals surface area contributed by atoms with Crippen molar-refractivity contribution in [3.05, 3.63) is 0 Å². The molecule has 2 fully saturated rings. The standard InChI is InChI=1S/C7H13N.ClH/c1-2-6-4-7(3-1)8-5-6;/h6-8H,1-5H2;1H/t6-,7+;/m0./s1. The summed E-state index contributed by atoms with van der Waals surface area (Å²) in [5, 5.41) is 3.52. The van der Waals surface area contributed by atoms with Gasteiger partial charge in [0.25, 0.3) is 0 Å². The highest BCUT2D eigenvalue weighted by atomic mass is 35.5. The smallest absolute Gasteiger partial charge is 0.00702 e. The molecule has 0 unspecified atom stereocenters. The van der Waals surface area contributed by atoms with Crippen molar-refractivity contribution in [3.8, 4) is 0 Å². The first-order valence-corrected chi connectivity index (χ1v) is 3.68. The van der Waals surface area contributed by atoms with Crippen LogP contribution in [0.4, 0.5) is 0 Å². The Morgan fingerprint density at radius 2 is 2.11 bits per heavy atom. The Bertz CT molecular complexity index is 80.9. The van der Waals surface area contributed by atoms with Gasteiger partial charge in [-0.1, -0.05) is 6.42 Å². The number of hydrogen-bond acceptors (Lipinski definition) is 1. The minimum absolute atomic E-state index is 0. The van der Waals surface area contributed by atoms with E-state index in [1.165, 1.54) is 32.2 Å². The van der Waals surface area contributed by atoms with Crippen molar-refractivity contribution in [2.75, 3.05) is 6.54 Å². The molecule has 54 valence electrons. The van der Waals surface area contributed by atoms with Gasteiger partial charge in [0.05, 0.1) is 0 Å². The molecular weight excluding hydrogens is 134 g/mol. The zero-order valence-corrected chi connectivity index (χ0v) is 6.41. The van der Waals surface area contributed by atoms with Crippen LogP contribution in [0.15, 0.2) is 0 Å². The van der Waals surface area contributed by atoms with Crippen LogP contribution in [0.1, 0.15) is 25.7 Å². The average molecular weight is 148 g/mol. The number of rotatable bonds is 0. The van der Waals surface area contributed by atoms with Crippen molar-refractivity contribution >= 4 is 12.4 Å². The lowest BCUT2D eigenvalue weighted by Crippen LogP contribution is -2.20. The highest BCUT2D eigenvalue weighted by Crippen LogP contribution is 2.28. The van der Waals surface area contributed by atoms with Gasteiger partial charge in [0.1, 0.15) is 0 Å². The van der Waals surface area contributed by atoms with E-state index >= 15 is 0 Å². The summed E-state index contributed by atoms with van der Waals surface area (Å²) in [5.74, 6) is 1.05. The number of nitrogens with one attached hydrogen (secondary N) is 1. The molecule has 2 rings (SSSR count). The molecule has 2 heteroatoms. The fourth-order valence-electron chi connectivity index (χ4n) is 2.00. The Morgan fingerprint density at radius 3 is 2.78 bits per heavy atom. The van der Waals surface area contributed by atoms with Gasteiger partial charge in [-0.05, 0) is 31.7 Å². The maximum Gasteiger partial charge on any atom is 0.00702 e. The van der Waals surface area contributed by atoms with Crippen LogP contribution in [0.3, 0.4) is 0 Å². The van der Waals surface area contributed by atoms with Gasteiger partial charge in [0.15, 0.2) is 0 Å². The highest BCUT2D eigenvalue weighted by molar-refractivity contribution is 5.85. The molecule has 0 radical (unpaired) electrons. The lowest BCUT2D eigenvalue weighted by Gasteiger charge is -2.15. The zero-order chi connectivity index (χ0) is 5.40. The summed E-state index contributed by atoms with van der Waals surface area (Å²) in [7, 11) is 0. The molecule has 0 spiro atoms. The predicted molar refractivity (Wildman–Crippen MR) is 41.0 cm³/mol. The molecule has 2 aliphatic rings. The third kappa shape index (κ3) is 1.39. The average Bonchev–Trinajstić information content (AvgIpc) is 2.12. The maximum atomic E-state index is 3.52. The zero-order valence-electron chi connectivity index (χ0n) is 5.60. The minimum atomic E-state index is 0. The molecule has 1 aliphatic heterocycles. The van der Waals surface area contributed by atoms with E-state index in [4.69, 9.17) is 0 Å². The van der Waals surface area contributed by atoms with E-state index in [0.29, 0.717) is 0 Å². The van der Waals surface area contributed by atoms with E-state index in [1.807, 2.05) is 0 Å².